The molecule has 0 radical (unpaired) electrons. The SMILES string of the molecule is Cc1c(O)cccc1C(=O)N[C@@H](Cc1ccccc1)[C@H](O)C(=O)N1CSC(C)(C)C1C(=O)N1CCc2ccccc2C1. The molecule has 3 aromatic carbocycles. The number of aliphatic hydroxyl groups excluding tert-OH is 1. The summed E-state index contributed by atoms with van der Waals surface area (Å²) in [5, 5.41) is 24.5. The molecule has 0 aromatic heterocycles. The van der Waals surface area contributed by atoms with Crippen LogP contribution in [0, 0.1) is 6.92 Å². The van der Waals surface area contributed by atoms with Crippen LogP contribution in [0.25, 0.3) is 0 Å². The Labute approximate surface area is 250 Å². The number of phenolic OH excluding ortho intramolecular Hbond substituents is 1. The first-order valence-electron chi connectivity index (χ1n) is 14.2. The number of fused-ring (bicyclic) bond motifs is 1. The smallest absolute Gasteiger partial charge is 0.254 e. The van der Waals surface area contributed by atoms with E-state index in [4.69, 9.17) is 0 Å². The highest BCUT2D eigenvalue weighted by atomic mass is 32.2. The van der Waals surface area contributed by atoms with E-state index in [1.54, 1.807) is 24.0 Å². The standard InChI is InChI=1S/C33H37N3O5S/c1-21-25(14-9-15-27(21)37)30(39)34-26(18-22-10-5-4-6-11-22)28(38)31(40)36-20-42-33(2,3)29(36)32(41)35-17-16-23-12-7-8-13-24(23)19-35/h4-15,26,28-29,37-38H,16-20H2,1-3H3,(H,34,39)/t26-,28-,29?/m0/s1. The third-order valence-corrected chi connectivity index (χ3v) is 9.68. The van der Waals surface area contributed by atoms with Crippen molar-refractivity contribution in [2.24, 2.45) is 0 Å². The minimum atomic E-state index is -1.60. The summed E-state index contributed by atoms with van der Waals surface area (Å²) in [7, 11) is 0. The maximum Gasteiger partial charge on any atom is 0.254 e. The zero-order valence-electron chi connectivity index (χ0n) is 24.1. The number of phenols is 1. The lowest BCUT2D eigenvalue weighted by Gasteiger charge is -2.38. The average Bonchev–Trinajstić information content (AvgIpc) is 3.31. The van der Waals surface area contributed by atoms with Crippen LogP contribution < -0.4 is 5.32 Å². The third-order valence-electron chi connectivity index (χ3n) is 8.30. The molecule has 3 aromatic rings. The van der Waals surface area contributed by atoms with Crippen molar-refractivity contribution in [3.05, 3.63) is 101 Å². The molecule has 5 rings (SSSR count). The van der Waals surface area contributed by atoms with Gasteiger partial charge in [0.05, 0.1) is 11.9 Å². The summed E-state index contributed by atoms with van der Waals surface area (Å²) in [5.74, 6) is -1.01. The molecule has 0 bridgehead atoms. The Balaban J connectivity index is 1.39. The summed E-state index contributed by atoms with van der Waals surface area (Å²) < 4.78 is -0.569. The molecular weight excluding hydrogens is 550 g/mol. The number of rotatable bonds is 7. The summed E-state index contributed by atoms with van der Waals surface area (Å²) in [6.45, 7) is 6.58. The largest absolute Gasteiger partial charge is 0.508 e. The molecule has 42 heavy (non-hydrogen) atoms. The predicted molar refractivity (Wildman–Crippen MR) is 163 cm³/mol. The van der Waals surface area contributed by atoms with E-state index >= 15 is 0 Å². The Morgan fingerprint density at radius 3 is 2.43 bits per heavy atom. The predicted octanol–water partition coefficient (Wildman–Crippen LogP) is 3.67. The molecule has 8 nitrogen and oxygen atoms in total. The molecule has 0 aliphatic carbocycles. The number of carbonyl (C=O) groups is 3. The highest BCUT2D eigenvalue weighted by Gasteiger charge is 2.51. The van der Waals surface area contributed by atoms with E-state index in [1.807, 2.05) is 62.4 Å². The Bertz CT molecular complexity index is 1480. The maximum absolute atomic E-state index is 14.0. The Morgan fingerprint density at radius 2 is 1.69 bits per heavy atom. The maximum atomic E-state index is 14.0. The van der Waals surface area contributed by atoms with Gasteiger partial charge < -0.3 is 25.3 Å². The number of thioether (sulfide) groups is 1. The summed E-state index contributed by atoms with van der Waals surface area (Å²) in [6.07, 6.45) is -0.652. The number of aliphatic hydroxyl groups is 1. The van der Waals surface area contributed by atoms with Crippen LogP contribution in [-0.4, -0.2) is 73.1 Å². The molecule has 1 unspecified atom stereocenters. The van der Waals surface area contributed by atoms with E-state index in [0.29, 0.717) is 18.7 Å². The quantitative estimate of drug-likeness (QED) is 0.389. The lowest BCUT2D eigenvalue weighted by atomic mass is 9.94. The minimum absolute atomic E-state index is 0.0168. The molecule has 3 amide bonds. The fourth-order valence-electron chi connectivity index (χ4n) is 5.81. The zero-order chi connectivity index (χ0) is 30.0. The van der Waals surface area contributed by atoms with Crippen molar-refractivity contribution in [3.8, 4) is 5.75 Å². The summed E-state index contributed by atoms with van der Waals surface area (Å²) in [5.41, 5.74) is 3.82. The molecule has 2 heterocycles. The van der Waals surface area contributed by atoms with Crippen molar-refractivity contribution in [2.45, 2.75) is 63.1 Å². The number of carbonyl (C=O) groups excluding carboxylic acids is 3. The van der Waals surface area contributed by atoms with E-state index < -0.39 is 34.7 Å². The van der Waals surface area contributed by atoms with Crippen LogP contribution in [0.1, 0.15) is 46.5 Å². The van der Waals surface area contributed by atoms with Gasteiger partial charge in [-0.05, 0) is 62.4 Å². The normalized spacial score (nSPS) is 19.1. The van der Waals surface area contributed by atoms with Gasteiger partial charge in [0.25, 0.3) is 11.8 Å². The zero-order valence-corrected chi connectivity index (χ0v) is 24.9. The first-order valence-corrected chi connectivity index (χ1v) is 15.2. The lowest BCUT2D eigenvalue weighted by molar-refractivity contribution is -0.151. The van der Waals surface area contributed by atoms with E-state index in [2.05, 4.69) is 11.4 Å². The van der Waals surface area contributed by atoms with Crippen molar-refractivity contribution in [1.82, 2.24) is 15.1 Å². The summed E-state index contributed by atoms with van der Waals surface area (Å²) in [6, 6.07) is 20.3. The van der Waals surface area contributed by atoms with E-state index in [9.17, 15) is 24.6 Å². The number of nitrogens with one attached hydrogen (secondary N) is 1. The van der Waals surface area contributed by atoms with Gasteiger partial charge in [-0.15, -0.1) is 11.8 Å². The topological polar surface area (TPSA) is 110 Å². The fraction of sp³-hybridized carbons (Fsp3) is 0.364. The fourth-order valence-corrected chi connectivity index (χ4v) is 6.94. The highest BCUT2D eigenvalue weighted by molar-refractivity contribution is 8.00. The first kappa shape index (κ1) is 29.7. The van der Waals surface area contributed by atoms with E-state index in [1.165, 1.54) is 28.3 Å². The van der Waals surface area contributed by atoms with Crippen molar-refractivity contribution in [3.63, 3.8) is 0 Å². The molecule has 220 valence electrons. The molecule has 2 aliphatic rings. The summed E-state index contributed by atoms with van der Waals surface area (Å²) >= 11 is 1.50. The van der Waals surface area contributed by atoms with Gasteiger partial charge in [-0.1, -0.05) is 60.7 Å². The molecular formula is C33H37N3O5S. The molecule has 3 atom stereocenters. The van der Waals surface area contributed by atoms with Crippen LogP contribution in [0.4, 0.5) is 0 Å². The molecule has 1 fully saturated rings. The van der Waals surface area contributed by atoms with E-state index in [0.717, 1.165) is 17.5 Å². The average molecular weight is 588 g/mol. The molecule has 2 aliphatic heterocycles. The Hall–Kier alpha value is -3.82. The minimum Gasteiger partial charge on any atom is -0.508 e. The van der Waals surface area contributed by atoms with Crippen molar-refractivity contribution in [1.29, 1.82) is 0 Å². The van der Waals surface area contributed by atoms with Gasteiger partial charge in [0, 0.05) is 29.0 Å². The third kappa shape index (κ3) is 6.03. The van der Waals surface area contributed by atoms with Gasteiger partial charge in [0.15, 0.2) is 6.10 Å². The van der Waals surface area contributed by atoms with Gasteiger partial charge in [-0.25, -0.2) is 0 Å². The number of hydrogen-bond acceptors (Lipinski definition) is 6. The van der Waals surface area contributed by atoms with Gasteiger partial charge in [0.1, 0.15) is 11.8 Å². The number of hydrogen-bond donors (Lipinski definition) is 3. The lowest BCUT2D eigenvalue weighted by Crippen LogP contribution is -2.59. The van der Waals surface area contributed by atoms with Crippen LogP contribution in [0.2, 0.25) is 0 Å². The molecule has 0 spiro atoms. The van der Waals surface area contributed by atoms with Crippen LogP contribution >= 0.6 is 11.8 Å². The molecule has 0 saturated carbocycles. The first-order chi connectivity index (χ1) is 20.1. The number of amides is 3. The van der Waals surface area contributed by atoms with Gasteiger partial charge in [0.2, 0.25) is 5.91 Å². The monoisotopic (exact) mass is 587 g/mol. The number of nitrogens with zero attached hydrogens (tertiary/aromatic N) is 2. The Kier molecular flexibility index (Phi) is 8.61. The second-order valence-electron chi connectivity index (χ2n) is 11.5. The van der Waals surface area contributed by atoms with E-state index in [-0.39, 0.29) is 29.5 Å². The summed E-state index contributed by atoms with van der Waals surface area (Å²) in [4.78, 5) is 44.6. The Morgan fingerprint density at radius 1 is 1.00 bits per heavy atom. The van der Waals surface area contributed by atoms with Crippen LogP contribution in [0.5, 0.6) is 5.75 Å². The van der Waals surface area contributed by atoms with Crippen LogP contribution in [-0.2, 0) is 29.0 Å². The second-order valence-corrected chi connectivity index (χ2v) is 13.1. The van der Waals surface area contributed by atoms with Crippen LogP contribution in [0.15, 0.2) is 72.8 Å². The van der Waals surface area contributed by atoms with Gasteiger partial charge in [-0.2, -0.15) is 0 Å². The molecule has 3 N–H and O–H groups in total. The van der Waals surface area contributed by atoms with Crippen LogP contribution in [0.3, 0.4) is 0 Å². The number of benzene rings is 3. The highest BCUT2D eigenvalue weighted by Crippen LogP contribution is 2.41. The molecule has 9 heteroatoms. The second kappa shape index (κ2) is 12.2. The molecule has 1 saturated heterocycles. The van der Waals surface area contributed by atoms with Gasteiger partial charge in [-0.3, -0.25) is 14.4 Å². The van der Waals surface area contributed by atoms with Gasteiger partial charge >= 0.3 is 0 Å². The van der Waals surface area contributed by atoms with Crippen molar-refractivity contribution < 1.29 is 24.6 Å². The number of aromatic hydroxyl groups is 1. The van der Waals surface area contributed by atoms with Crippen molar-refractivity contribution >= 4 is 29.5 Å². The van der Waals surface area contributed by atoms with Crippen molar-refractivity contribution in [2.75, 3.05) is 12.4 Å².